The number of hydrogen-bond acceptors (Lipinski definition) is 5. The molecule has 0 spiro atoms. The van der Waals surface area contributed by atoms with Crippen LogP contribution in [0.25, 0.3) is 0 Å². The van der Waals surface area contributed by atoms with Gasteiger partial charge in [-0.25, -0.2) is 0 Å². The molecular weight excluding hydrogens is 246 g/mol. The lowest BCUT2D eigenvalue weighted by molar-refractivity contribution is -0.385. The number of nitro benzene ring substituents is 1. The minimum Gasteiger partial charge on any atom is -0.490 e. The van der Waals surface area contributed by atoms with Crippen molar-refractivity contribution in [1.82, 2.24) is 5.32 Å². The lowest BCUT2D eigenvalue weighted by Gasteiger charge is -2.24. The number of piperidine rings is 1. The van der Waals surface area contributed by atoms with E-state index in [1.807, 2.05) is 0 Å². The van der Waals surface area contributed by atoms with Crippen molar-refractivity contribution in [1.29, 1.82) is 0 Å². The van der Waals surface area contributed by atoms with Gasteiger partial charge in [-0.15, -0.1) is 0 Å². The van der Waals surface area contributed by atoms with Crippen molar-refractivity contribution in [2.24, 2.45) is 0 Å². The Morgan fingerprint density at radius 2 is 2.37 bits per heavy atom. The van der Waals surface area contributed by atoms with Crippen molar-refractivity contribution in [2.45, 2.75) is 25.3 Å². The number of hydrogen-bond donors (Lipinski definition) is 2. The van der Waals surface area contributed by atoms with Gasteiger partial charge >= 0.3 is 5.69 Å². The standard InChI is InChI=1S/C13H19N3O3/c1-19-13-6-5-10(8-12(13)16(17)18)15-9-11-4-2-3-7-14-11/h5-6,8,11,14-15H,2-4,7,9H2,1H3. The first kappa shape index (κ1) is 13.6. The van der Waals surface area contributed by atoms with Gasteiger partial charge < -0.3 is 15.4 Å². The van der Waals surface area contributed by atoms with E-state index < -0.39 is 4.92 Å². The number of methoxy groups -OCH3 is 1. The summed E-state index contributed by atoms with van der Waals surface area (Å²) in [6.07, 6.45) is 3.61. The molecule has 1 aromatic rings. The fourth-order valence-electron chi connectivity index (χ4n) is 2.28. The molecule has 0 bridgehead atoms. The van der Waals surface area contributed by atoms with Gasteiger partial charge in [-0.2, -0.15) is 0 Å². The number of rotatable bonds is 5. The topological polar surface area (TPSA) is 76.4 Å². The van der Waals surface area contributed by atoms with Gasteiger partial charge in [0.1, 0.15) is 0 Å². The van der Waals surface area contributed by atoms with Crippen molar-refractivity contribution in [3.63, 3.8) is 0 Å². The lowest BCUT2D eigenvalue weighted by Crippen LogP contribution is -2.39. The van der Waals surface area contributed by atoms with Crippen molar-refractivity contribution in [3.05, 3.63) is 28.3 Å². The Labute approximate surface area is 112 Å². The smallest absolute Gasteiger partial charge is 0.312 e. The number of nitro groups is 1. The molecule has 2 N–H and O–H groups in total. The average Bonchev–Trinajstić information content (AvgIpc) is 2.46. The zero-order valence-corrected chi connectivity index (χ0v) is 11.0. The van der Waals surface area contributed by atoms with E-state index in [-0.39, 0.29) is 11.4 Å². The van der Waals surface area contributed by atoms with Gasteiger partial charge in [0.05, 0.1) is 12.0 Å². The van der Waals surface area contributed by atoms with Gasteiger partial charge in [-0.1, -0.05) is 6.42 Å². The fourth-order valence-corrected chi connectivity index (χ4v) is 2.28. The maximum Gasteiger partial charge on any atom is 0.312 e. The van der Waals surface area contributed by atoms with E-state index in [2.05, 4.69) is 10.6 Å². The number of nitrogens with one attached hydrogen (secondary N) is 2. The molecule has 19 heavy (non-hydrogen) atoms. The predicted molar refractivity (Wildman–Crippen MR) is 73.8 cm³/mol. The van der Waals surface area contributed by atoms with Crippen LogP contribution in [-0.2, 0) is 0 Å². The van der Waals surface area contributed by atoms with Crippen molar-refractivity contribution < 1.29 is 9.66 Å². The van der Waals surface area contributed by atoms with Crippen molar-refractivity contribution >= 4 is 11.4 Å². The largest absolute Gasteiger partial charge is 0.490 e. The molecule has 0 saturated carbocycles. The highest BCUT2D eigenvalue weighted by Gasteiger charge is 2.16. The first-order valence-corrected chi connectivity index (χ1v) is 6.50. The Hall–Kier alpha value is -1.82. The molecule has 104 valence electrons. The van der Waals surface area contributed by atoms with Crippen LogP contribution in [0, 0.1) is 10.1 Å². The summed E-state index contributed by atoms with van der Waals surface area (Å²) < 4.78 is 4.97. The quantitative estimate of drug-likeness (QED) is 0.630. The monoisotopic (exact) mass is 265 g/mol. The Morgan fingerprint density at radius 3 is 3.00 bits per heavy atom. The second kappa shape index (κ2) is 6.38. The first-order valence-electron chi connectivity index (χ1n) is 6.50. The molecule has 1 atom stereocenters. The molecular formula is C13H19N3O3. The van der Waals surface area contributed by atoms with Crippen LogP contribution in [0.3, 0.4) is 0 Å². The second-order valence-corrected chi connectivity index (χ2v) is 4.67. The molecule has 0 radical (unpaired) electrons. The van der Waals surface area contributed by atoms with E-state index in [1.54, 1.807) is 12.1 Å². The molecule has 1 unspecified atom stereocenters. The highest BCUT2D eigenvalue weighted by atomic mass is 16.6. The lowest BCUT2D eigenvalue weighted by atomic mass is 10.1. The summed E-state index contributed by atoms with van der Waals surface area (Å²) in [4.78, 5) is 10.5. The molecule has 2 rings (SSSR count). The van der Waals surface area contributed by atoms with E-state index in [1.165, 1.54) is 26.0 Å². The molecule has 1 aromatic carbocycles. The molecule has 6 nitrogen and oxygen atoms in total. The van der Waals surface area contributed by atoms with Crippen LogP contribution in [0.1, 0.15) is 19.3 Å². The Bertz CT molecular complexity index is 445. The summed E-state index contributed by atoms with van der Waals surface area (Å²) in [5.41, 5.74) is 0.740. The minimum absolute atomic E-state index is 0.0101. The van der Waals surface area contributed by atoms with Crippen molar-refractivity contribution in [3.8, 4) is 5.75 Å². The highest BCUT2D eigenvalue weighted by Crippen LogP contribution is 2.29. The van der Waals surface area contributed by atoms with Gasteiger partial charge in [0, 0.05) is 24.3 Å². The number of ether oxygens (including phenoxy) is 1. The van der Waals surface area contributed by atoms with Gasteiger partial charge in [0.2, 0.25) is 0 Å². The third-order valence-corrected chi connectivity index (χ3v) is 3.34. The molecule has 0 amide bonds. The zero-order valence-electron chi connectivity index (χ0n) is 11.0. The summed E-state index contributed by atoms with van der Waals surface area (Å²) in [6.45, 7) is 1.83. The number of benzene rings is 1. The van der Waals surface area contributed by atoms with Crippen LogP contribution in [-0.4, -0.2) is 31.2 Å². The minimum atomic E-state index is -0.428. The average molecular weight is 265 g/mol. The van der Waals surface area contributed by atoms with E-state index in [0.717, 1.165) is 25.2 Å². The van der Waals surface area contributed by atoms with Crippen LogP contribution in [0.5, 0.6) is 5.75 Å². The molecule has 1 saturated heterocycles. The predicted octanol–water partition coefficient (Wildman–Crippen LogP) is 2.16. The molecule has 0 aromatic heterocycles. The van der Waals surface area contributed by atoms with E-state index >= 15 is 0 Å². The van der Waals surface area contributed by atoms with E-state index in [9.17, 15) is 10.1 Å². The zero-order chi connectivity index (χ0) is 13.7. The third-order valence-electron chi connectivity index (χ3n) is 3.34. The number of anilines is 1. The van der Waals surface area contributed by atoms with Crippen molar-refractivity contribution in [2.75, 3.05) is 25.5 Å². The Balaban J connectivity index is 2.00. The van der Waals surface area contributed by atoms with Gasteiger partial charge in [0.15, 0.2) is 5.75 Å². The summed E-state index contributed by atoms with van der Waals surface area (Å²) >= 11 is 0. The molecule has 1 fully saturated rings. The van der Waals surface area contributed by atoms with Crippen LogP contribution in [0.2, 0.25) is 0 Å². The SMILES string of the molecule is COc1ccc(NCC2CCCCN2)cc1[N+](=O)[O-]. The fraction of sp³-hybridized carbons (Fsp3) is 0.538. The van der Waals surface area contributed by atoms with Crippen LogP contribution >= 0.6 is 0 Å². The van der Waals surface area contributed by atoms with Crippen LogP contribution in [0.4, 0.5) is 11.4 Å². The maximum absolute atomic E-state index is 10.9. The summed E-state index contributed by atoms with van der Waals surface area (Å²) in [5, 5.41) is 17.6. The summed E-state index contributed by atoms with van der Waals surface area (Å²) in [6, 6.07) is 5.38. The third kappa shape index (κ3) is 3.57. The number of nitrogens with zero attached hydrogens (tertiary/aromatic N) is 1. The first-order chi connectivity index (χ1) is 9.20. The normalized spacial score (nSPS) is 18.9. The maximum atomic E-state index is 10.9. The Kier molecular flexibility index (Phi) is 4.57. The van der Waals surface area contributed by atoms with Gasteiger partial charge in [-0.3, -0.25) is 10.1 Å². The second-order valence-electron chi connectivity index (χ2n) is 4.67. The van der Waals surface area contributed by atoms with E-state index in [4.69, 9.17) is 4.74 Å². The van der Waals surface area contributed by atoms with Crippen LogP contribution < -0.4 is 15.4 Å². The van der Waals surface area contributed by atoms with E-state index in [0.29, 0.717) is 6.04 Å². The summed E-state index contributed by atoms with van der Waals surface area (Å²) in [7, 11) is 1.43. The Morgan fingerprint density at radius 1 is 1.53 bits per heavy atom. The highest BCUT2D eigenvalue weighted by molar-refractivity contribution is 5.58. The van der Waals surface area contributed by atoms with Gasteiger partial charge in [-0.05, 0) is 31.5 Å². The molecule has 1 aliphatic heterocycles. The molecule has 0 aliphatic carbocycles. The molecule has 6 heteroatoms. The van der Waals surface area contributed by atoms with Crippen LogP contribution in [0.15, 0.2) is 18.2 Å². The summed E-state index contributed by atoms with van der Waals surface area (Å²) in [5.74, 6) is 0.284. The van der Waals surface area contributed by atoms with Gasteiger partial charge in [0.25, 0.3) is 0 Å². The molecule has 1 heterocycles. The molecule has 1 aliphatic rings.